The van der Waals surface area contributed by atoms with Crippen LogP contribution < -0.4 is 0 Å². The number of hydrogen-bond acceptors (Lipinski definition) is 3. The number of allylic oxidation sites excluding steroid dienone is 1. The van der Waals surface area contributed by atoms with Crippen LogP contribution in [0.3, 0.4) is 0 Å². The summed E-state index contributed by atoms with van der Waals surface area (Å²) in [5.41, 5.74) is 1.19. The largest absolute Gasteiger partial charge is 0.459 e. The lowest BCUT2D eigenvalue weighted by Gasteiger charge is -2.57. The fraction of sp³-hybridized carbons (Fsp3) is 0.818. The van der Waals surface area contributed by atoms with Crippen LogP contribution in [0.5, 0.6) is 0 Å². The molecule has 3 nitrogen and oxygen atoms in total. The minimum absolute atomic E-state index is 0.0994. The maximum Gasteiger partial charge on any atom is 0.305 e. The Balaban J connectivity index is 1.62. The molecule has 0 aromatic rings. The van der Waals surface area contributed by atoms with Crippen LogP contribution in [0.1, 0.15) is 72.1 Å². The molecule has 0 spiro atoms. The molecular weight excluding hydrogens is 331 g/mol. The SMILES string of the molecule is CCC(=O)O[C@@H]1[C@@H](F)C[C@H]2[C@@H]3CCC4=CC(=O)CC[C@]4(C)[C@H]3CC[C@]12C. The van der Waals surface area contributed by atoms with Crippen molar-refractivity contribution in [2.75, 3.05) is 0 Å². The Kier molecular flexibility index (Phi) is 4.32. The van der Waals surface area contributed by atoms with E-state index < -0.39 is 12.3 Å². The van der Waals surface area contributed by atoms with Crippen LogP contribution in [0.4, 0.5) is 4.39 Å². The molecule has 0 aromatic heterocycles. The normalized spacial score (nSPS) is 47.5. The van der Waals surface area contributed by atoms with Crippen molar-refractivity contribution in [3.63, 3.8) is 0 Å². The van der Waals surface area contributed by atoms with E-state index in [4.69, 9.17) is 4.74 Å². The molecule has 0 saturated heterocycles. The standard InChI is InChI=1S/C22H31FO3/c1-4-19(25)26-20-18(23)12-17-15-6-5-13-11-14(24)7-9-21(13,2)16(15)8-10-22(17,20)3/h11,15-18,20H,4-10,12H2,1-3H3/t15-,16+,17+,18+,20-,21+,22+/m1/s1. The lowest BCUT2D eigenvalue weighted by atomic mass is 9.47. The quantitative estimate of drug-likeness (QED) is 0.664. The first kappa shape index (κ1) is 18.2. The zero-order chi connectivity index (χ0) is 18.7. The van der Waals surface area contributed by atoms with Crippen molar-refractivity contribution in [2.45, 2.75) is 84.4 Å². The number of fused-ring (bicyclic) bond motifs is 5. The number of rotatable bonds is 2. The maximum absolute atomic E-state index is 14.9. The van der Waals surface area contributed by atoms with Gasteiger partial charge in [-0.05, 0) is 67.8 Å². The third-order valence-corrected chi connectivity index (χ3v) is 8.40. The van der Waals surface area contributed by atoms with Gasteiger partial charge in [0.05, 0.1) is 0 Å². The van der Waals surface area contributed by atoms with Crippen molar-refractivity contribution >= 4 is 11.8 Å². The van der Waals surface area contributed by atoms with Gasteiger partial charge >= 0.3 is 5.97 Å². The fourth-order valence-corrected chi connectivity index (χ4v) is 6.92. The van der Waals surface area contributed by atoms with Gasteiger partial charge in [-0.25, -0.2) is 4.39 Å². The van der Waals surface area contributed by atoms with Crippen molar-refractivity contribution < 1.29 is 18.7 Å². The lowest BCUT2D eigenvalue weighted by molar-refractivity contribution is -0.163. The maximum atomic E-state index is 14.9. The highest BCUT2D eigenvalue weighted by molar-refractivity contribution is 5.91. The third kappa shape index (κ3) is 2.51. The van der Waals surface area contributed by atoms with Gasteiger partial charge in [0.15, 0.2) is 5.78 Å². The predicted octanol–water partition coefficient (Wildman–Crippen LogP) is 4.79. The molecule has 7 atom stereocenters. The third-order valence-electron chi connectivity index (χ3n) is 8.40. The van der Waals surface area contributed by atoms with E-state index in [2.05, 4.69) is 13.8 Å². The number of hydrogen-bond donors (Lipinski definition) is 0. The zero-order valence-corrected chi connectivity index (χ0v) is 16.2. The lowest BCUT2D eigenvalue weighted by Crippen LogP contribution is -2.52. The monoisotopic (exact) mass is 362 g/mol. The molecule has 0 aliphatic heterocycles. The molecule has 0 radical (unpaired) electrons. The van der Waals surface area contributed by atoms with Gasteiger partial charge in [0.2, 0.25) is 0 Å². The van der Waals surface area contributed by atoms with E-state index in [1.807, 2.05) is 6.08 Å². The van der Waals surface area contributed by atoms with Crippen LogP contribution >= 0.6 is 0 Å². The smallest absolute Gasteiger partial charge is 0.305 e. The van der Waals surface area contributed by atoms with Gasteiger partial charge < -0.3 is 4.74 Å². The first-order valence-corrected chi connectivity index (χ1v) is 10.4. The summed E-state index contributed by atoms with van der Waals surface area (Å²) < 4.78 is 20.5. The zero-order valence-electron chi connectivity index (χ0n) is 16.2. The predicted molar refractivity (Wildman–Crippen MR) is 97.2 cm³/mol. The molecule has 0 unspecified atom stereocenters. The fourth-order valence-electron chi connectivity index (χ4n) is 6.92. The van der Waals surface area contributed by atoms with Crippen molar-refractivity contribution in [3.05, 3.63) is 11.6 Å². The van der Waals surface area contributed by atoms with E-state index in [-0.39, 0.29) is 28.5 Å². The highest BCUT2D eigenvalue weighted by Gasteiger charge is 2.63. The van der Waals surface area contributed by atoms with Gasteiger partial charge in [-0.2, -0.15) is 0 Å². The summed E-state index contributed by atoms with van der Waals surface area (Å²) in [6, 6.07) is 0. The molecule has 4 aliphatic rings. The number of ketones is 1. The average molecular weight is 362 g/mol. The average Bonchev–Trinajstić information content (AvgIpc) is 2.86. The van der Waals surface area contributed by atoms with E-state index in [9.17, 15) is 14.0 Å². The second-order valence-electron chi connectivity index (χ2n) is 9.53. The molecule has 0 N–H and O–H groups in total. The Labute approximate surface area is 155 Å². The molecule has 4 heteroatoms. The van der Waals surface area contributed by atoms with Crippen LogP contribution in [0.15, 0.2) is 11.6 Å². The number of ether oxygens (including phenoxy) is 1. The number of alkyl halides is 1. The molecule has 4 aliphatic carbocycles. The van der Waals surface area contributed by atoms with Gasteiger partial charge in [0, 0.05) is 18.3 Å². The van der Waals surface area contributed by atoms with Crippen LogP contribution in [0.25, 0.3) is 0 Å². The molecule has 4 rings (SSSR count). The molecule has 0 amide bonds. The Bertz CT molecular complexity index is 656. The Hall–Kier alpha value is -1.19. The first-order chi connectivity index (χ1) is 12.3. The summed E-state index contributed by atoms with van der Waals surface area (Å²) in [4.78, 5) is 23.8. The van der Waals surface area contributed by atoms with E-state index in [0.29, 0.717) is 31.1 Å². The molecule has 0 bridgehead atoms. The van der Waals surface area contributed by atoms with E-state index >= 15 is 0 Å². The van der Waals surface area contributed by atoms with Crippen molar-refractivity contribution in [3.8, 4) is 0 Å². The molecular formula is C22H31FO3. The number of esters is 1. The Morgan fingerprint density at radius 3 is 2.73 bits per heavy atom. The van der Waals surface area contributed by atoms with Gasteiger partial charge in [-0.15, -0.1) is 0 Å². The van der Waals surface area contributed by atoms with Crippen LogP contribution in [-0.4, -0.2) is 24.0 Å². The highest BCUT2D eigenvalue weighted by Crippen LogP contribution is 2.65. The molecule has 0 aromatic carbocycles. The summed E-state index contributed by atoms with van der Waals surface area (Å²) in [6.07, 6.45) is 6.66. The minimum atomic E-state index is -1.04. The van der Waals surface area contributed by atoms with Crippen molar-refractivity contribution in [1.82, 2.24) is 0 Å². The summed E-state index contributed by atoms with van der Waals surface area (Å²) in [5.74, 6) is 1.28. The van der Waals surface area contributed by atoms with E-state index in [0.717, 1.165) is 32.1 Å². The van der Waals surface area contributed by atoms with Crippen molar-refractivity contribution in [2.24, 2.45) is 28.6 Å². The molecule has 144 valence electrons. The van der Waals surface area contributed by atoms with Crippen molar-refractivity contribution in [1.29, 1.82) is 0 Å². The van der Waals surface area contributed by atoms with Crippen LogP contribution in [0, 0.1) is 28.6 Å². The second kappa shape index (κ2) is 6.17. The molecule has 26 heavy (non-hydrogen) atoms. The molecule has 3 fully saturated rings. The number of halogens is 1. The van der Waals surface area contributed by atoms with Gasteiger partial charge in [-0.1, -0.05) is 26.3 Å². The summed E-state index contributed by atoms with van der Waals surface area (Å²) in [6.45, 7) is 6.25. The molecule has 3 saturated carbocycles. The number of carbonyl (C=O) groups is 2. The van der Waals surface area contributed by atoms with Gasteiger partial charge in [0.25, 0.3) is 0 Å². The second-order valence-corrected chi connectivity index (χ2v) is 9.53. The van der Waals surface area contributed by atoms with E-state index in [1.165, 1.54) is 5.57 Å². The van der Waals surface area contributed by atoms with Gasteiger partial charge in [-0.3, -0.25) is 9.59 Å². The van der Waals surface area contributed by atoms with Gasteiger partial charge in [0.1, 0.15) is 12.3 Å². The summed E-state index contributed by atoms with van der Waals surface area (Å²) in [7, 11) is 0. The Morgan fingerprint density at radius 2 is 2.00 bits per heavy atom. The topological polar surface area (TPSA) is 43.4 Å². The minimum Gasteiger partial charge on any atom is -0.459 e. The van der Waals surface area contributed by atoms with E-state index in [1.54, 1.807) is 6.92 Å². The Morgan fingerprint density at radius 1 is 1.23 bits per heavy atom. The summed E-state index contributed by atoms with van der Waals surface area (Å²) >= 11 is 0. The summed E-state index contributed by atoms with van der Waals surface area (Å²) in [5, 5.41) is 0. The number of carbonyl (C=O) groups excluding carboxylic acids is 2. The first-order valence-electron chi connectivity index (χ1n) is 10.4. The molecule has 0 heterocycles. The highest BCUT2D eigenvalue weighted by atomic mass is 19.1. The van der Waals surface area contributed by atoms with Crippen LogP contribution in [0.2, 0.25) is 0 Å². The van der Waals surface area contributed by atoms with Crippen LogP contribution in [-0.2, 0) is 14.3 Å².